The molecule has 0 saturated heterocycles. The maximum Gasteiger partial charge on any atom is 0.189 e. The molecule has 0 fully saturated rings. The monoisotopic (exact) mass is 266 g/mol. The van der Waals surface area contributed by atoms with E-state index in [-0.39, 0.29) is 0 Å². The van der Waals surface area contributed by atoms with Gasteiger partial charge in [0, 0.05) is 13.2 Å². The van der Waals surface area contributed by atoms with Crippen LogP contribution in [0.15, 0.2) is 35.6 Å². The molecular weight excluding hydrogens is 256 g/mol. The summed E-state index contributed by atoms with van der Waals surface area (Å²) >= 11 is 7.36. The molecule has 0 radical (unpaired) electrons. The molecule has 0 aliphatic rings. The molecule has 6 heteroatoms. The maximum absolute atomic E-state index is 5.86. The molecule has 0 aliphatic heterocycles. The number of anilines is 2. The van der Waals surface area contributed by atoms with E-state index in [4.69, 9.17) is 11.6 Å². The van der Waals surface area contributed by atoms with Gasteiger partial charge >= 0.3 is 0 Å². The van der Waals surface area contributed by atoms with E-state index in [0.717, 1.165) is 16.8 Å². The van der Waals surface area contributed by atoms with Gasteiger partial charge in [0.05, 0.1) is 0 Å². The van der Waals surface area contributed by atoms with Crippen LogP contribution in [-0.2, 0) is 0 Å². The highest BCUT2D eigenvalue weighted by Gasteiger charge is 2.08. The number of aromatic nitrogens is 3. The van der Waals surface area contributed by atoms with Crippen LogP contribution in [0.3, 0.4) is 0 Å². The van der Waals surface area contributed by atoms with Gasteiger partial charge in [-0.3, -0.25) is 0 Å². The molecule has 0 saturated carbocycles. The molecule has 88 valence electrons. The summed E-state index contributed by atoms with van der Waals surface area (Å²) in [5.41, 5.74) is 0. The van der Waals surface area contributed by atoms with Crippen LogP contribution >= 0.6 is 23.4 Å². The summed E-state index contributed by atoms with van der Waals surface area (Å²) in [6, 6.07) is 7.32. The third kappa shape index (κ3) is 2.87. The Morgan fingerprint density at radius 1 is 1.18 bits per heavy atom. The summed E-state index contributed by atoms with van der Waals surface area (Å²) in [4.78, 5) is 14.6. The van der Waals surface area contributed by atoms with Crippen molar-refractivity contribution < 1.29 is 0 Å². The van der Waals surface area contributed by atoms with Crippen molar-refractivity contribution in [3.8, 4) is 0 Å². The molecule has 2 rings (SSSR count). The van der Waals surface area contributed by atoms with Gasteiger partial charge in [0.1, 0.15) is 16.8 Å². The second kappa shape index (κ2) is 5.33. The lowest BCUT2D eigenvalue weighted by molar-refractivity contribution is 0.938. The standard InChI is InChI=1S/C11H11ClN4S/c1-16(9-5-3-4-8(12)14-9)10-6-7-13-11(15-10)17-2/h3-7H,1-2H3. The van der Waals surface area contributed by atoms with E-state index in [9.17, 15) is 0 Å². The number of pyridine rings is 1. The van der Waals surface area contributed by atoms with Gasteiger partial charge in [-0.15, -0.1) is 0 Å². The maximum atomic E-state index is 5.86. The normalized spacial score (nSPS) is 10.3. The Morgan fingerprint density at radius 2 is 1.94 bits per heavy atom. The summed E-state index contributed by atoms with van der Waals surface area (Å²) in [7, 11) is 1.89. The summed E-state index contributed by atoms with van der Waals surface area (Å²) in [5.74, 6) is 1.54. The number of rotatable bonds is 3. The van der Waals surface area contributed by atoms with Gasteiger partial charge in [0.25, 0.3) is 0 Å². The van der Waals surface area contributed by atoms with E-state index in [1.54, 1.807) is 12.3 Å². The van der Waals surface area contributed by atoms with Gasteiger partial charge in [0.2, 0.25) is 0 Å². The fourth-order valence-corrected chi connectivity index (χ4v) is 1.83. The molecule has 0 N–H and O–H groups in total. The minimum atomic E-state index is 0.466. The number of hydrogen-bond donors (Lipinski definition) is 0. The molecule has 0 spiro atoms. The molecule has 0 bridgehead atoms. The second-order valence-electron chi connectivity index (χ2n) is 3.28. The van der Waals surface area contributed by atoms with E-state index in [0.29, 0.717) is 5.15 Å². The highest BCUT2D eigenvalue weighted by atomic mass is 35.5. The molecule has 2 aromatic heterocycles. The lowest BCUT2D eigenvalue weighted by Gasteiger charge is -2.17. The SMILES string of the molecule is CSc1nccc(N(C)c2cccc(Cl)n2)n1. The van der Waals surface area contributed by atoms with Crippen molar-refractivity contribution >= 4 is 35.0 Å². The van der Waals surface area contributed by atoms with Crippen molar-refractivity contribution in [1.82, 2.24) is 15.0 Å². The van der Waals surface area contributed by atoms with Crippen LogP contribution in [-0.4, -0.2) is 28.3 Å². The van der Waals surface area contributed by atoms with Gasteiger partial charge in [-0.2, -0.15) is 0 Å². The average molecular weight is 267 g/mol. The quantitative estimate of drug-likeness (QED) is 0.485. The van der Waals surface area contributed by atoms with E-state index < -0.39 is 0 Å². The molecule has 0 amide bonds. The Hall–Kier alpha value is -1.33. The van der Waals surface area contributed by atoms with E-state index in [2.05, 4.69) is 15.0 Å². The first-order valence-corrected chi connectivity index (χ1v) is 6.54. The fraction of sp³-hybridized carbons (Fsp3) is 0.182. The Bertz CT molecular complexity index is 520. The predicted octanol–water partition coefficient (Wildman–Crippen LogP) is 3.01. The van der Waals surface area contributed by atoms with Crippen LogP contribution in [0.5, 0.6) is 0 Å². The van der Waals surface area contributed by atoms with Crippen LogP contribution < -0.4 is 4.90 Å². The molecule has 17 heavy (non-hydrogen) atoms. The van der Waals surface area contributed by atoms with Gasteiger partial charge in [-0.1, -0.05) is 29.4 Å². The molecular formula is C11H11ClN4S. The van der Waals surface area contributed by atoms with Crippen molar-refractivity contribution in [2.24, 2.45) is 0 Å². The number of nitrogens with zero attached hydrogens (tertiary/aromatic N) is 4. The van der Waals surface area contributed by atoms with Crippen molar-refractivity contribution in [3.63, 3.8) is 0 Å². The highest BCUT2D eigenvalue weighted by molar-refractivity contribution is 7.98. The van der Waals surface area contributed by atoms with E-state index >= 15 is 0 Å². The zero-order valence-electron chi connectivity index (χ0n) is 9.46. The lowest BCUT2D eigenvalue weighted by Crippen LogP contribution is -2.13. The highest BCUT2D eigenvalue weighted by Crippen LogP contribution is 2.22. The van der Waals surface area contributed by atoms with Crippen LogP contribution in [0.2, 0.25) is 5.15 Å². The molecule has 2 aromatic rings. The van der Waals surface area contributed by atoms with Crippen molar-refractivity contribution in [2.45, 2.75) is 5.16 Å². The molecule has 4 nitrogen and oxygen atoms in total. The first-order chi connectivity index (χ1) is 8.20. The van der Waals surface area contributed by atoms with Crippen molar-refractivity contribution in [2.75, 3.05) is 18.2 Å². The van der Waals surface area contributed by atoms with Gasteiger partial charge < -0.3 is 4.90 Å². The minimum absolute atomic E-state index is 0.466. The summed E-state index contributed by atoms with van der Waals surface area (Å²) in [5, 5.41) is 1.20. The zero-order valence-corrected chi connectivity index (χ0v) is 11.0. The Kier molecular flexibility index (Phi) is 3.81. The summed E-state index contributed by atoms with van der Waals surface area (Å²) in [6.45, 7) is 0. The zero-order chi connectivity index (χ0) is 12.3. The number of thioether (sulfide) groups is 1. The van der Waals surface area contributed by atoms with Gasteiger partial charge in [-0.25, -0.2) is 15.0 Å². The van der Waals surface area contributed by atoms with Crippen molar-refractivity contribution in [1.29, 1.82) is 0 Å². The van der Waals surface area contributed by atoms with Crippen LogP contribution in [0.4, 0.5) is 11.6 Å². The summed E-state index contributed by atoms with van der Waals surface area (Å²) in [6.07, 6.45) is 3.67. The average Bonchev–Trinajstić information content (AvgIpc) is 2.38. The minimum Gasteiger partial charge on any atom is -0.314 e. The van der Waals surface area contributed by atoms with Crippen molar-refractivity contribution in [3.05, 3.63) is 35.6 Å². The van der Waals surface area contributed by atoms with Crippen LogP contribution in [0.1, 0.15) is 0 Å². The Morgan fingerprint density at radius 3 is 2.65 bits per heavy atom. The Labute approximate surface area is 109 Å². The van der Waals surface area contributed by atoms with Crippen LogP contribution in [0.25, 0.3) is 0 Å². The number of halogens is 1. The molecule has 0 aromatic carbocycles. The first kappa shape index (κ1) is 12.1. The Balaban J connectivity index is 2.33. The van der Waals surface area contributed by atoms with Gasteiger partial charge in [0.15, 0.2) is 5.16 Å². The second-order valence-corrected chi connectivity index (χ2v) is 4.44. The largest absolute Gasteiger partial charge is 0.314 e. The molecule has 0 unspecified atom stereocenters. The molecule has 0 aliphatic carbocycles. The fourth-order valence-electron chi connectivity index (χ4n) is 1.32. The third-order valence-corrected chi connectivity index (χ3v) is 2.96. The third-order valence-electron chi connectivity index (χ3n) is 2.19. The molecule has 0 atom stereocenters. The van der Waals surface area contributed by atoms with Gasteiger partial charge in [-0.05, 0) is 24.5 Å². The predicted molar refractivity (Wildman–Crippen MR) is 71.1 cm³/mol. The first-order valence-electron chi connectivity index (χ1n) is 4.94. The molecule has 2 heterocycles. The smallest absolute Gasteiger partial charge is 0.189 e. The topological polar surface area (TPSA) is 41.9 Å². The van der Waals surface area contributed by atoms with Crippen LogP contribution in [0, 0.1) is 0 Å². The van der Waals surface area contributed by atoms with E-state index in [1.165, 1.54) is 11.8 Å². The number of hydrogen-bond acceptors (Lipinski definition) is 5. The van der Waals surface area contributed by atoms with E-state index in [1.807, 2.05) is 36.4 Å². The lowest BCUT2D eigenvalue weighted by atomic mass is 10.4. The summed E-state index contributed by atoms with van der Waals surface area (Å²) < 4.78 is 0.